The van der Waals surface area contributed by atoms with Crippen LogP contribution < -0.4 is 11.1 Å². The number of nitrogens with two attached hydrogens (primary N) is 1. The lowest BCUT2D eigenvalue weighted by molar-refractivity contribution is 0.362. The van der Waals surface area contributed by atoms with Crippen LogP contribution >= 0.6 is 11.6 Å². The minimum Gasteiger partial charge on any atom is -0.324 e. The van der Waals surface area contributed by atoms with Crippen molar-refractivity contribution in [3.05, 3.63) is 34.6 Å². The summed E-state index contributed by atoms with van der Waals surface area (Å²) in [6.45, 7) is 1.06. The van der Waals surface area contributed by atoms with Gasteiger partial charge in [0.05, 0.1) is 5.02 Å². The third-order valence-corrected chi connectivity index (χ3v) is 3.63. The fourth-order valence-electron chi connectivity index (χ4n) is 2.31. The summed E-state index contributed by atoms with van der Waals surface area (Å²) < 4.78 is 13.3. The number of benzene rings is 1. The van der Waals surface area contributed by atoms with Gasteiger partial charge in [-0.3, -0.25) is 0 Å². The molecule has 0 aliphatic carbocycles. The highest BCUT2D eigenvalue weighted by Crippen LogP contribution is 2.23. The first-order valence-electron chi connectivity index (χ1n) is 6.10. The smallest absolute Gasteiger partial charge is 0.142 e. The zero-order valence-electron chi connectivity index (χ0n) is 9.76. The van der Waals surface area contributed by atoms with Crippen LogP contribution in [-0.2, 0) is 0 Å². The van der Waals surface area contributed by atoms with Crippen LogP contribution in [0.25, 0.3) is 0 Å². The molecule has 0 spiro atoms. The molecule has 3 N–H and O–H groups in total. The van der Waals surface area contributed by atoms with Crippen LogP contribution in [0.3, 0.4) is 0 Å². The second kappa shape index (κ2) is 5.80. The fraction of sp³-hybridized carbons (Fsp3) is 0.538. The summed E-state index contributed by atoms with van der Waals surface area (Å²) in [5, 5.41) is 3.60. The summed E-state index contributed by atoms with van der Waals surface area (Å²) in [4.78, 5) is 0. The molecular weight excluding hydrogens is 239 g/mol. The first kappa shape index (κ1) is 12.8. The van der Waals surface area contributed by atoms with Crippen LogP contribution in [0.15, 0.2) is 18.2 Å². The molecular formula is C13H18ClFN2. The Bertz CT molecular complexity index is 378. The number of piperidine rings is 1. The van der Waals surface area contributed by atoms with Crippen molar-refractivity contribution < 1.29 is 4.39 Å². The highest BCUT2D eigenvalue weighted by atomic mass is 35.5. The summed E-state index contributed by atoms with van der Waals surface area (Å²) >= 11 is 5.65. The van der Waals surface area contributed by atoms with Crippen molar-refractivity contribution in [2.24, 2.45) is 5.73 Å². The molecule has 4 heteroatoms. The largest absolute Gasteiger partial charge is 0.324 e. The predicted octanol–water partition coefficient (Wildman–Crippen LogP) is 3.01. The number of hydrogen-bond donors (Lipinski definition) is 2. The molecule has 2 atom stereocenters. The average molecular weight is 257 g/mol. The van der Waals surface area contributed by atoms with Crippen molar-refractivity contribution in [1.29, 1.82) is 0 Å². The Morgan fingerprint density at radius 3 is 2.94 bits per heavy atom. The van der Waals surface area contributed by atoms with Gasteiger partial charge >= 0.3 is 0 Å². The Labute approximate surface area is 106 Å². The molecule has 0 aromatic heterocycles. The van der Waals surface area contributed by atoms with Gasteiger partial charge in [0.2, 0.25) is 0 Å². The minimum atomic E-state index is -0.392. The van der Waals surface area contributed by atoms with E-state index in [0.717, 1.165) is 24.9 Å². The summed E-state index contributed by atoms with van der Waals surface area (Å²) in [6.07, 6.45) is 4.49. The maximum absolute atomic E-state index is 13.3. The Morgan fingerprint density at radius 2 is 2.29 bits per heavy atom. The molecule has 0 unspecified atom stereocenters. The number of hydrogen-bond acceptors (Lipinski definition) is 2. The summed E-state index contributed by atoms with van der Waals surface area (Å²) in [7, 11) is 0. The molecule has 1 aliphatic heterocycles. The third kappa shape index (κ3) is 3.41. The number of rotatable bonds is 3. The van der Waals surface area contributed by atoms with Gasteiger partial charge in [-0.1, -0.05) is 24.1 Å². The van der Waals surface area contributed by atoms with Crippen LogP contribution in [0.1, 0.15) is 37.3 Å². The lowest BCUT2D eigenvalue weighted by Gasteiger charge is -2.26. The summed E-state index contributed by atoms with van der Waals surface area (Å²) in [5.74, 6) is -0.392. The third-order valence-electron chi connectivity index (χ3n) is 3.32. The quantitative estimate of drug-likeness (QED) is 0.873. The van der Waals surface area contributed by atoms with Gasteiger partial charge in [0.1, 0.15) is 5.82 Å². The Hall–Kier alpha value is -0.640. The zero-order valence-corrected chi connectivity index (χ0v) is 10.5. The average Bonchev–Trinajstić information content (AvgIpc) is 2.34. The first-order valence-corrected chi connectivity index (χ1v) is 6.48. The molecule has 0 radical (unpaired) electrons. The van der Waals surface area contributed by atoms with E-state index in [-0.39, 0.29) is 11.1 Å². The van der Waals surface area contributed by atoms with Gasteiger partial charge in [-0.25, -0.2) is 4.39 Å². The van der Waals surface area contributed by atoms with Crippen LogP contribution in [0, 0.1) is 5.82 Å². The molecule has 2 nitrogen and oxygen atoms in total. The van der Waals surface area contributed by atoms with Crippen molar-refractivity contribution in [3.63, 3.8) is 0 Å². The fourth-order valence-corrected chi connectivity index (χ4v) is 2.43. The predicted molar refractivity (Wildman–Crippen MR) is 68.6 cm³/mol. The molecule has 2 rings (SSSR count). The standard InChI is InChI=1S/C13H18ClFN2/c14-11-5-4-9(7-12(11)15)13(16)8-10-3-1-2-6-17-10/h4-5,7,10,13,17H,1-3,6,8,16H2/t10-,13-/m1/s1. The van der Waals surface area contributed by atoms with E-state index < -0.39 is 5.82 Å². The van der Waals surface area contributed by atoms with Crippen molar-refractivity contribution in [1.82, 2.24) is 5.32 Å². The molecule has 17 heavy (non-hydrogen) atoms. The van der Waals surface area contributed by atoms with Gasteiger partial charge in [-0.05, 0) is 43.5 Å². The lowest BCUT2D eigenvalue weighted by atomic mass is 9.95. The van der Waals surface area contributed by atoms with Gasteiger partial charge < -0.3 is 11.1 Å². The maximum atomic E-state index is 13.3. The van der Waals surface area contributed by atoms with E-state index in [1.807, 2.05) is 0 Å². The van der Waals surface area contributed by atoms with Crippen LogP contribution in [0.4, 0.5) is 4.39 Å². The van der Waals surface area contributed by atoms with E-state index in [2.05, 4.69) is 5.32 Å². The molecule has 1 heterocycles. The van der Waals surface area contributed by atoms with E-state index in [1.54, 1.807) is 12.1 Å². The van der Waals surface area contributed by atoms with Gasteiger partial charge in [0.15, 0.2) is 0 Å². The van der Waals surface area contributed by atoms with E-state index in [4.69, 9.17) is 17.3 Å². The topological polar surface area (TPSA) is 38.0 Å². The van der Waals surface area contributed by atoms with Crippen molar-refractivity contribution >= 4 is 11.6 Å². The second-order valence-corrected chi connectivity index (χ2v) is 5.07. The lowest BCUT2D eigenvalue weighted by Crippen LogP contribution is -2.36. The zero-order chi connectivity index (χ0) is 12.3. The van der Waals surface area contributed by atoms with E-state index in [0.29, 0.717) is 6.04 Å². The van der Waals surface area contributed by atoms with E-state index in [1.165, 1.54) is 18.9 Å². The molecule has 1 saturated heterocycles. The Kier molecular flexibility index (Phi) is 4.37. The molecule has 1 aromatic carbocycles. The van der Waals surface area contributed by atoms with Gasteiger partial charge in [0.25, 0.3) is 0 Å². The molecule has 1 aromatic rings. The summed E-state index contributed by atoms with van der Waals surface area (Å²) in [5.41, 5.74) is 6.91. The highest BCUT2D eigenvalue weighted by Gasteiger charge is 2.17. The summed E-state index contributed by atoms with van der Waals surface area (Å²) in [6, 6.07) is 5.14. The van der Waals surface area contributed by atoms with Gasteiger partial charge in [0, 0.05) is 12.1 Å². The van der Waals surface area contributed by atoms with Gasteiger partial charge in [-0.2, -0.15) is 0 Å². The maximum Gasteiger partial charge on any atom is 0.142 e. The van der Waals surface area contributed by atoms with Crippen molar-refractivity contribution in [3.8, 4) is 0 Å². The van der Waals surface area contributed by atoms with E-state index >= 15 is 0 Å². The molecule has 1 fully saturated rings. The number of halogens is 2. The normalized spacial score (nSPS) is 22.4. The first-order chi connectivity index (χ1) is 8.16. The monoisotopic (exact) mass is 256 g/mol. The molecule has 0 bridgehead atoms. The Balaban J connectivity index is 1.98. The molecule has 94 valence electrons. The van der Waals surface area contributed by atoms with E-state index in [9.17, 15) is 4.39 Å². The molecule has 0 saturated carbocycles. The van der Waals surface area contributed by atoms with Crippen LogP contribution in [-0.4, -0.2) is 12.6 Å². The van der Waals surface area contributed by atoms with Crippen LogP contribution in [0.5, 0.6) is 0 Å². The van der Waals surface area contributed by atoms with Crippen molar-refractivity contribution in [2.45, 2.75) is 37.8 Å². The minimum absolute atomic E-state index is 0.127. The van der Waals surface area contributed by atoms with Crippen LogP contribution in [0.2, 0.25) is 5.02 Å². The number of nitrogens with one attached hydrogen (secondary N) is 1. The molecule has 0 amide bonds. The SMILES string of the molecule is N[C@H](C[C@H]1CCCCN1)c1ccc(Cl)c(F)c1. The Morgan fingerprint density at radius 1 is 1.47 bits per heavy atom. The van der Waals surface area contributed by atoms with Crippen molar-refractivity contribution in [2.75, 3.05) is 6.54 Å². The van der Waals surface area contributed by atoms with Gasteiger partial charge in [-0.15, -0.1) is 0 Å². The molecule has 1 aliphatic rings. The highest BCUT2D eigenvalue weighted by molar-refractivity contribution is 6.30. The second-order valence-electron chi connectivity index (χ2n) is 4.66.